The molecule has 0 aliphatic heterocycles. The Balaban J connectivity index is 2.25. The molecule has 1 atom stereocenters. The fourth-order valence-electron chi connectivity index (χ4n) is 2.98. The summed E-state index contributed by atoms with van der Waals surface area (Å²) in [5, 5.41) is 0. The minimum Gasteiger partial charge on any atom is -0.493 e. The number of fused-ring (bicyclic) bond motifs is 1. The zero-order valence-electron chi connectivity index (χ0n) is 12.2. The lowest BCUT2D eigenvalue weighted by atomic mass is 9.96. The molecule has 0 radical (unpaired) electrons. The van der Waals surface area contributed by atoms with Crippen LogP contribution in [0.4, 0.5) is 0 Å². The number of hydrogen-bond donors (Lipinski definition) is 1. The Morgan fingerprint density at radius 2 is 1.90 bits per heavy atom. The summed E-state index contributed by atoms with van der Waals surface area (Å²) in [4.78, 5) is 15.5. The third-order valence-electron chi connectivity index (χ3n) is 3.90. The number of H-pyrrole nitrogens is 1. The third-order valence-corrected chi connectivity index (χ3v) is 3.90. The van der Waals surface area contributed by atoms with E-state index in [-0.39, 0.29) is 11.7 Å². The number of aromatic amines is 1. The summed E-state index contributed by atoms with van der Waals surface area (Å²) in [7, 11) is 4.69. The first-order chi connectivity index (χ1) is 10.2. The average molecular weight is 287 g/mol. The van der Waals surface area contributed by atoms with Crippen molar-refractivity contribution in [1.82, 2.24) is 4.98 Å². The molecule has 1 aliphatic carbocycles. The molecule has 0 saturated carbocycles. The molecule has 5 heteroatoms. The minimum absolute atomic E-state index is 0.0442. The number of aromatic nitrogens is 1. The topological polar surface area (TPSA) is 60.6 Å². The Hall–Kier alpha value is -2.43. The number of hydrogen-bond acceptors (Lipinski definition) is 4. The van der Waals surface area contributed by atoms with Crippen LogP contribution in [0.3, 0.4) is 0 Å². The highest BCUT2D eigenvalue weighted by atomic mass is 16.5. The first-order valence-electron chi connectivity index (χ1n) is 6.70. The van der Waals surface area contributed by atoms with Gasteiger partial charge in [-0.1, -0.05) is 0 Å². The van der Waals surface area contributed by atoms with E-state index in [1.165, 1.54) is 0 Å². The van der Waals surface area contributed by atoms with Crippen molar-refractivity contribution in [2.75, 3.05) is 21.3 Å². The van der Waals surface area contributed by atoms with E-state index >= 15 is 0 Å². The molecule has 1 heterocycles. The van der Waals surface area contributed by atoms with Gasteiger partial charge in [0.05, 0.1) is 21.3 Å². The van der Waals surface area contributed by atoms with Gasteiger partial charge in [0.1, 0.15) is 0 Å². The van der Waals surface area contributed by atoms with Crippen LogP contribution in [0.5, 0.6) is 17.2 Å². The lowest BCUT2D eigenvalue weighted by Crippen LogP contribution is -2.03. The van der Waals surface area contributed by atoms with Gasteiger partial charge in [-0.2, -0.15) is 0 Å². The van der Waals surface area contributed by atoms with Crippen molar-refractivity contribution in [3.8, 4) is 17.2 Å². The van der Waals surface area contributed by atoms with Crippen LogP contribution in [0.1, 0.15) is 34.0 Å². The highest BCUT2D eigenvalue weighted by Crippen LogP contribution is 2.50. The van der Waals surface area contributed by atoms with Crippen molar-refractivity contribution in [2.24, 2.45) is 0 Å². The van der Waals surface area contributed by atoms with Gasteiger partial charge in [0.25, 0.3) is 0 Å². The summed E-state index contributed by atoms with van der Waals surface area (Å²) >= 11 is 0. The van der Waals surface area contributed by atoms with E-state index in [1.54, 1.807) is 27.4 Å². The van der Waals surface area contributed by atoms with Crippen LogP contribution in [0.15, 0.2) is 24.4 Å². The maximum absolute atomic E-state index is 12.3. The molecule has 2 aromatic rings. The van der Waals surface area contributed by atoms with E-state index < -0.39 is 0 Å². The molecule has 0 saturated heterocycles. The molecular formula is C16H17NO4. The zero-order valence-corrected chi connectivity index (χ0v) is 12.2. The lowest BCUT2D eigenvalue weighted by molar-refractivity contribution is 0.0991. The molecule has 0 amide bonds. The van der Waals surface area contributed by atoms with Crippen LogP contribution >= 0.6 is 0 Å². The molecule has 3 rings (SSSR count). The van der Waals surface area contributed by atoms with E-state index in [4.69, 9.17) is 14.2 Å². The number of carbonyl (C=O) groups excluding carboxylic acids is 1. The fraction of sp³-hybridized carbons (Fsp3) is 0.312. The van der Waals surface area contributed by atoms with Crippen molar-refractivity contribution in [1.29, 1.82) is 0 Å². The predicted molar refractivity (Wildman–Crippen MR) is 77.7 cm³/mol. The van der Waals surface area contributed by atoms with Crippen LogP contribution in [0, 0.1) is 0 Å². The molecule has 0 fully saturated rings. The Morgan fingerprint density at radius 3 is 2.48 bits per heavy atom. The second-order valence-corrected chi connectivity index (χ2v) is 4.91. The molecule has 21 heavy (non-hydrogen) atoms. The highest BCUT2D eigenvalue weighted by Gasteiger charge is 2.37. The largest absolute Gasteiger partial charge is 0.493 e. The summed E-state index contributed by atoms with van der Waals surface area (Å²) in [5.41, 5.74) is 2.50. The Kier molecular flexibility index (Phi) is 3.33. The van der Waals surface area contributed by atoms with Crippen LogP contribution in [0.2, 0.25) is 0 Å². The molecule has 1 aromatic carbocycles. The minimum atomic E-state index is -0.0442. The van der Waals surface area contributed by atoms with Crippen LogP contribution < -0.4 is 14.2 Å². The maximum atomic E-state index is 12.3. The maximum Gasteiger partial charge on any atom is 0.203 e. The summed E-state index contributed by atoms with van der Waals surface area (Å²) in [6.45, 7) is 0. The molecule has 5 nitrogen and oxygen atoms in total. The summed E-state index contributed by atoms with van der Waals surface area (Å²) < 4.78 is 16.3. The average Bonchev–Trinajstić information content (AvgIpc) is 3.13. The summed E-state index contributed by atoms with van der Waals surface area (Å²) in [5.74, 6) is 1.64. The second kappa shape index (κ2) is 5.16. The van der Waals surface area contributed by atoms with Gasteiger partial charge >= 0.3 is 0 Å². The number of ketones is 1. The zero-order chi connectivity index (χ0) is 15.0. The Morgan fingerprint density at radius 1 is 1.14 bits per heavy atom. The van der Waals surface area contributed by atoms with Gasteiger partial charge in [-0.05, 0) is 18.2 Å². The first kappa shape index (κ1) is 13.5. The van der Waals surface area contributed by atoms with E-state index in [2.05, 4.69) is 4.98 Å². The normalized spacial score (nSPS) is 16.7. The number of carbonyl (C=O) groups is 1. The Labute approximate surface area is 122 Å². The van der Waals surface area contributed by atoms with E-state index in [9.17, 15) is 4.79 Å². The van der Waals surface area contributed by atoms with Gasteiger partial charge in [-0.15, -0.1) is 0 Å². The molecule has 1 N–H and O–H groups in total. The van der Waals surface area contributed by atoms with Gasteiger partial charge in [0, 0.05) is 35.4 Å². The summed E-state index contributed by atoms with van der Waals surface area (Å²) in [6.07, 6.45) is 2.27. The number of ether oxygens (including phenoxy) is 3. The molecule has 1 aromatic heterocycles. The van der Waals surface area contributed by atoms with Crippen molar-refractivity contribution >= 4 is 5.78 Å². The number of methoxy groups -OCH3 is 3. The van der Waals surface area contributed by atoms with E-state index in [0.717, 1.165) is 11.3 Å². The van der Waals surface area contributed by atoms with Gasteiger partial charge in [0.2, 0.25) is 5.75 Å². The van der Waals surface area contributed by atoms with Crippen LogP contribution in [-0.4, -0.2) is 32.1 Å². The quantitative estimate of drug-likeness (QED) is 0.939. The molecule has 1 unspecified atom stereocenters. The Bertz CT molecular complexity index is 676. The van der Waals surface area contributed by atoms with Gasteiger partial charge in [0.15, 0.2) is 17.3 Å². The van der Waals surface area contributed by atoms with Crippen LogP contribution in [-0.2, 0) is 0 Å². The number of benzene rings is 1. The highest BCUT2D eigenvalue weighted by molar-refractivity contribution is 6.03. The first-order valence-corrected chi connectivity index (χ1v) is 6.70. The third kappa shape index (κ3) is 1.96. The molecule has 0 bridgehead atoms. The van der Waals surface area contributed by atoms with Crippen molar-refractivity contribution in [3.05, 3.63) is 41.2 Å². The number of Topliss-reactive ketones (excluding diaryl/α,β-unsaturated/α-hetero) is 1. The van der Waals surface area contributed by atoms with Gasteiger partial charge < -0.3 is 19.2 Å². The lowest BCUT2D eigenvalue weighted by Gasteiger charge is -2.18. The van der Waals surface area contributed by atoms with Gasteiger partial charge in [-0.3, -0.25) is 4.79 Å². The van der Waals surface area contributed by atoms with Gasteiger partial charge in [-0.25, -0.2) is 0 Å². The standard InChI is InChI=1S/C16H17NO4/c1-19-13-8-10-12(18)7-9(11-5-4-6-17-11)14(10)16(21-3)15(13)20-2/h4-6,8-9,17H,7H2,1-3H3. The molecular weight excluding hydrogens is 270 g/mol. The molecule has 0 spiro atoms. The number of nitrogens with one attached hydrogen (secondary N) is 1. The predicted octanol–water partition coefficient (Wildman–Crippen LogP) is 2.76. The van der Waals surface area contributed by atoms with E-state index in [0.29, 0.717) is 29.2 Å². The van der Waals surface area contributed by atoms with Crippen molar-refractivity contribution in [2.45, 2.75) is 12.3 Å². The van der Waals surface area contributed by atoms with Crippen LogP contribution in [0.25, 0.3) is 0 Å². The smallest absolute Gasteiger partial charge is 0.203 e. The van der Waals surface area contributed by atoms with E-state index in [1.807, 2.05) is 18.3 Å². The van der Waals surface area contributed by atoms with Crippen molar-refractivity contribution in [3.63, 3.8) is 0 Å². The summed E-state index contributed by atoms with van der Waals surface area (Å²) in [6, 6.07) is 5.64. The second-order valence-electron chi connectivity index (χ2n) is 4.91. The number of rotatable bonds is 4. The molecule has 110 valence electrons. The monoisotopic (exact) mass is 287 g/mol. The van der Waals surface area contributed by atoms with Crippen molar-refractivity contribution < 1.29 is 19.0 Å². The SMILES string of the molecule is COc1cc2c(c(OC)c1OC)C(c1ccc[nH]1)CC2=O. The fourth-order valence-corrected chi connectivity index (χ4v) is 2.98. The molecule has 1 aliphatic rings.